The molecule has 1 aromatic heterocycles. The molecule has 0 saturated heterocycles. The summed E-state index contributed by atoms with van der Waals surface area (Å²) in [5.41, 5.74) is 1.14. The first-order chi connectivity index (χ1) is 9.17. The van der Waals surface area contributed by atoms with Crippen molar-refractivity contribution >= 4 is 23.2 Å². The van der Waals surface area contributed by atoms with Crippen LogP contribution in [0.5, 0.6) is 0 Å². The summed E-state index contributed by atoms with van der Waals surface area (Å²) in [4.78, 5) is 16.6. The van der Waals surface area contributed by atoms with Crippen molar-refractivity contribution in [2.75, 3.05) is 0 Å². The molecular formula is C15H13NO2S. The molecule has 96 valence electrons. The molecule has 0 bridgehead atoms. The van der Waals surface area contributed by atoms with Gasteiger partial charge >= 0.3 is 5.97 Å². The topological polar surface area (TPSA) is 38.7 Å². The second kappa shape index (κ2) is 4.63. The lowest BCUT2D eigenvalue weighted by Crippen LogP contribution is -2.32. The van der Waals surface area contributed by atoms with Crippen LogP contribution in [0.2, 0.25) is 0 Å². The molecule has 1 aliphatic rings. The number of nitrogens with zero attached hydrogens (tertiary/aromatic N) is 1. The Morgan fingerprint density at radius 2 is 2.05 bits per heavy atom. The Balaban J connectivity index is 1.90. The Bertz CT molecular complexity index is 619. The number of rotatable bonds is 3. The average Bonchev–Trinajstić information content (AvgIpc) is 3.00. The van der Waals surface area contributed by atoms with Gasteiger partial charge in [0.25, 0.3) is 0 Å². The van der Waals surface area contributed by atoms with Crippen molar-refractivity contribution in [3.8, 4) is 0 Å². The van der Waals surface area contributed by atoms with Gasteiger partial charge in [-0.3, -0.25) is 0 Å². The molecule has 0 radical (unpaired) electrons. The molecular weight excluding hydrogens is 258 g/mol. The van der Waals surface area contributed by atoms with Crippen LogP contribution < -0.4 is 0 Å². The van der Waals surface area contributed by atoms with Crippen LogP contribution in [-0.4, -0.2) is 17.4 Å². The lowest BCUT2D eigenvalue weighted by Gasteiger charge is -2.14. The van der Waals surface area contributed by atoms with Gasteiger partial charge in [-0.2, -0.15) is 11.3 Å². The molecule has 3 nitrogen and oxygen atoms in total. The normalized spacial score (nSPS) is 22.2. The van der Waals surface area contributed by atoms with Gasteiger partial charge in [-0.1, -0.05) is 18.2 Å². The molecule has 4 heteroatoms. The number of hydrogen-bond acceptors (Lipinski definition) is 4. The molecule has 1 aliphatic heterocycles. The van der Waals surface area contributed by atoms with Crippen molar-refractivity contribution in [3.63, 3.8) is 0 Å². The van der Waals surface area contributed by atoms with Gasteiger partial charge in [-0.05, 0) is 41.4 Å². The van der Waals surface area contributed by atoms with E-state index in [0.717, 1.165) is 11.1 Å². The van der Waals surface area contributed by atoms with Crippen LogP contribution in [0.15, 0.2) is 52.2 Å². The van der Waals surface area contributed by atoms with Crippen LogP contribution in [0.1, 0.15) is 18.1 Å². The quantitative estimate of drug-likeness (QED) is 0.805. The Labute approximate surface area is 115 Å². The molecule has 0 spiro atoms. The van der Waals surface area contributed by atoms with Crippen molar-refractivity contribution in [2.45, 2.75) is 18.9 Å². The molecule has 0 amide bonds. The van der Waals surface area contributed by atoms with Crippen molar-refractivity contribution in [1.82, 2.24) is 0 Å². The highest BCUT2D eigenvalue weighted by Crippen LogP contribution is 2.27. The number of ether oxygens (including phenoxy) is 1. The van der Waals surface area contributed by atoms with Crippen molar-refractivity contribution in [3.05, 3.63) is 58.3 Å². The monoisotopic (exact) mass is 271 g/mol. The minimum Gasteiger partial charge on any atom is -0.405 e. The van der Waals surface area contributed by atoms with Gasteiger partial charge in [0.05, 0.1) is 0 Å². The molecule has 0 N–H and O–H groups in total. The van der Waals surface area contributed by atoms with E-state index in [-0.39, 0.29) is 5.97 Å². The summed E-state index contributed by atoms with van der Waals surface area (Å²) in [5, 5.41) is 4.04. The van der Waals surface area contributed by atoms with Crippen LogP contribution in [0.4, 0.5) is 0 Å². The fraction of sp³-hybridized carbons (Fsp3) is 0.200. The maximum absolute atomic E-state index is 12.1. The predicted molar refractivity (Wildman–Crippen MR) is 75.5 cm³/mol. The Morgan fingerprint density at radius 1 is 1.26 bits per heavy atom. The van der Waals surface area contributed by atoms with E-state index in [9.17, 15) is 4.79 Å². The Hall–Kier alpha value is -1.94. The van der Waals surface area contributed by atoms with Gasteiger partial charge in [0.15, 0.2) is 5.54 Å². The largest absolute Gasteiger partial charge is 0.405 e. The van der Waals surface area contributed by atoms with Gasteiger partial charge in [0, 0.05) is 12.0 Å². The molecule has 3 rings (SSSR count). The van der Waals surface area contributed by atoms with Crippen LogP contribution in [-0.2, 0) is 16.0 Å². The lowest BCUT2D eigenvalue weighted by molar-refractivity contribution is -0.138. The van der Waals surface area contributed by atoms with Crippen LogP contribution >= 0.6 is 11.3 Å². The van der Waals surface area contributed by atoms with Gasteiger partial charge in [0.1, 0.15) is 0 Å². The number of carbonyl (C=O) groups is 1. The molecule has 0 aliphatic carbocycles. The minimum atomic E-state index is -0.813. The highest BCUT2D eigenvalue weighted by molar-refractivity contribution is 7.07. The third-order valence-electron chi connectivity index (χ3n) is 3.13. The maximum Gasteiger partial charge on any atom is 0.340 e. The zero-order valence-corrected chi connectivity index (χ0v) is 11.3. The first-order valence-electron chi connectivity index (χ1n) is 6.06. The fourth-order valence-corrected chi connectivity index (χ4v) is 2.77. The Kier molecular flexibility index (Phi) is 2.95. The zero-order chi connectivity index (χ0) is 13.3. The molecule has 0 saturated carbocycles. The van der Waals surface area contributed by atoms with Gasteiger partial charge in [-0.25, -0.2) is 9.79 Å². The molecule has 1 atom stereocenters. The number of carbonyl (C=O) groups excluding carboxylic acids is 1. The number of cyclic esters (lactones) is 1. The SMILES string of the molecule is C[C@@]1(Cc2ccsc2)N=C(c2ccccc2)OC1=O. The third kappa shape index (κ3) is 2.31. The molecule has 0 fully saturated rings. The molecule has 2 heterocycles. The summed E-state index contributed by atoms with van der Waals surface area (Å²) in [7, 11) is 0. The molecule has 19 heavy (non-hydrogen) atoms. The first kappa shape index (κ1) is 12.1. The number of benzene rings is 1. The summed E-state index contributed by atoms with van der Waals surface area (Å²) in [6.45, 7) is 1.82. The second-order valence-electron chi connectivity index (χ2n) is 4.75. The summed E-state index contributed by atoms with van der Waals surface area (Å²) in [6, 6.07) is 11.5. The van der Waals surface area contributed by atoms with E-state index in [1.54, 1.807) is 11.3 Å². The third-order valence-corrected chi connectivity index (χ3v) is 3.86. The highest BCUT2D eigenvalue weighted by atomic mass is 32.1. The first-order valence-corrected chi connectivity index (χ1v) is 7.00. The minimum absolute atomic E-state index is 0.280. The maximum atomic E-state index is 12.1. The molecule has 1 aromatic carbocycles. The lowest BCUT2D eigenvalue weighted by atomic mass is 9.96. The second-order valence-corrected chi connectivity index (χ2v) is 5.53. The van der Waals surface area contributed by atoms with E-state index in [4.69, 9.17) is 4.74 Å². The highest BCUT2D eigenvalue weighted by Gasteiger charge is 2.42. The summed E-state index contributed by atoms with van der Waals surface area (Å²) in [6.07, 6.45) is 0.575. The average molecular weight is 271 g/mol. The van der Waals surface area contributed by atoms with E-state index in [0.29, 0.717) is 12.3 Å². The van der Waals surface area contributed by atoms with E-state index in [1.807, 2.05) is 54.1 Å². The van der Waals surface area contributed by atoms with Crippen molar-refractivity contribution in [2.24, 2.45) is 4.99 Å². The van der Waals surface area contributed by atoms with Gasteiger partial charge < -0.3 is 4.74 Å². The predicted octanol–water partition coefficient (Wildman–Crippen LogP) is 3.05. The number of hydrogen-bond donors (Lipinski definition) is 0. The fourth-order valence-electron chi connectivity index (χ4n) is 2.10. The number of thiophene rings is 1. The van der Waals surface area contributed by atoms with Crippen LogP contribution in [0, 0.1) is 0 Å². The van der Waals surface area contributed by atoms with Crippen LogP contribution in [0.3, 0.4) is 0 Å². The standard InChI is InChI=1S/C15H13NO2S/c1-15(9-11-7-8-19-10-11)14(17)18-13(16-15)12-5-3-2-4-6-12/h2-8,10H,9H2,1H3/t15-/m0/s1. The molecule has 0 unspecified atom stereocenters. The smallest absolute Gasteiger partial charge is 0.340 e. The van der Waals surface area contributed by atoms with Gasteiger partial charge in [-0.15, -0.1) is 0 Å². The Morgan fingerprint density at radius 3 is 2.74 bits per heavy atom. The summed E-state index contributed by atoms with van der Waals surface area (Å²) >= 11 is 1.62. The van der Waals surface area contributed by atoms with Gasteiger partial charge in [0.2, 0.25) is 5.90 Å². The zero-order valence-electron chi connectivity index (χ0n) is 10.5. The van der Waals surface area contributed by atoms with Crippen molar-refractivity contribution < 1.29 is 9.53 Å². The van der Waals surface area contributed by atoms with E-state index < -0.39 is 5.54 Å². The van der Waals surface area contributed by atoms with E-state index in [2.05, 4.69) is 4.99 Å². The van der Waals surface area contributed by atoms with E-state index in [1.165, 1.54) is 0 Å². The number of esters is 1. The van der Waals surface area contributed by atoms with E-state index >= 15 is 0 Å². The summed E-state index contributed by atoms with van der Waals surface area (Å²) in [5.74, 6) is 0.140. The molecule has 2 aromatic rings. The number of aliphatic imine (C=N–C) groups is 1. The van der Waals surface area contributed by atoms with Crippen LogP contribution in [0.25, 0.3) is 0 Å². The summed E-state index contributed by atoms with van der Waals surface area (Å²) < 4.78 is 5.33. The van der Waals surface area contributed by atoms with Crippen molar-refractivity contribution in [1.29, 1.82) is 0 Å².